The highest BCUT2D eigenvalue weighted by Crippen LogP contribution is 2.23. The number of halogens is 2. The van der Waals surface area contributed by atoms with Crippen molar-refractivity contribution in [3.8, 4) is 0 Å². The first-order valence-corrected chi connectivity index (χ1v) is 7.45. The first kappa shape index (κ1) is 13.6. The summed E-state index contributed by atoms with van der Waals surface area (Å²) < 4.78 is 2.47. The molecule has 0 fully saturated rings. The van der Waals surface area contributed by atoms with Gasteiger partial charge in [-0.15, -0.1) is 11.3 Å². The molecular formula is C11H8Br2N2O2S. The van der Waals surface area contributed by atoms with Gasteiger partial charge in [0, 0.05) is 10.7 Å². The van der Waals surface area contributed by atoms with Crippen LogP contribution in [0.2, 0.25) is 0 Å². The number of Topliss-reactive ketones (excluding diaryl/α,β-unsaturated/α-hetero) is 1. The van der Waals surface area contributed by atoms with Crippen molar-refractivity contribution in [1.82, 2.24) is 9.55 Å². The van der Waals surface area contributed by atoms with Gasteiger partial charge in [-0.25, -0.2) is 4.98 Å². The van der Waals surface area contributed by atoms with Gasteiger partial charge in [0.15, 0.2) is 5.78 Å². The van der Waals surface area contributed by atoms with E-state index in [2.05, 4.69) is 36.8 Å². The Morgan fingerprint density at radius 1 is 1.44 bits per heavy atom. The van der Waals surface area contributed by atoms with Crippen LogP contribution >= 0.6 is 43.2 Å². The number of hydrogen-bond donors (Lipinski definition) is 0. The summed E-state index contributed by atoms with van der Waals surface area (Å²) in [6.45, 7) is 1.70. The lowest BCUT2D eigenvalue weighted by Crippen LogP contribution is -2.27. The highest BCUT2D eigenvalue weighted by Gasteiger charge is 2.15. The number of nitrogens with zero attached hydrogens (tertiary/aromatic N) is 2. The highest BCUT2D eigenvalue weighted by molar-refractivity contribution is 9.10. The van der Waals surface area contributed by atoms with Gasteiger partial charge in [0.25, 0.3) is 5.56 Å². The Bertz CT molecular complexity index is 663. The van der Waals surface area contributed by atoms with Crippen LogP contribution in [0, 0.1) is 6.92 Å². The third-order valence-corrected chi connectivity index (χ3v) is 4.80. The van der Waals surface area contributed by atoms with E-state index in [-0.39, 0.29) is 17.9 Å². The fourth-order valence-corrected chi connectivity index (χ4v) is 3.29. The second kappa shape index (κ2) is 5.46. The second-order valence-corrected chi connectivity index (χ2v) is 6.19. The molecule has 0 saturated carbocycles. The zero-order chi connectivity index (χ0) is 13.3. The molecule has 0 spiro atoms. The van der Waals surface area contributed by atoms with E-state index in [4.69, 9.17) is 0 Å². The van der Waals surface area contributed by atoms with Gasteiger partial charge >= 0.3 is 0 Å². The molecule has 4 nitrogen and oxygen atoms in total. The fraction of sp³-hybridized carbons (Fsp3) is 0.182. The van der Waals surface area contributed by atoms with Crippen LogP contribution in [0.4, 0.5) is 0 Å². The summed E-state index contributed by atoms with van der Waals surface area (Å²) in [6.07, 6.45) is 1.44. The van der Waals surface area contributed by atoms with Gasteiger partial charge in [0.2, 0.25) is 0 Å². The Morgan fingerprint density at radius 3 is 2.78 bits per heavy atom. The number of rotatable bonds is 3. The fourth-order valence-electron chi connectivity index (χ4n) is 1.45. The Hall–Kier alpha value is -0.790. The van der Waals surface area contributed by atoms with Gasteiger partial charge in [-0.2, -0.15) is 0 Å². The molecule has 0 amide bonds. The van der Waals surface area contributed by atoms with Crippen LogP contribution in [0.15, 0.2) is 31.4 Å². The van der Waals surface area contributed by atoms with Crippen molar-refractivity contribution in [2.75, 3.05) is 0 Å². The normalized spacial score (nSPS) is 10.6. The maximum absolute atomic E-state index is 12.1. The molecule has 0 aliphatic carbocycles. The Morgan fingerprint density at radius 2 is 2.17 bits per heavy atom. The zero-order valence-electron chi connectivity index (χ0n) is 9.31. The Kier molecular flexibility index (Phi) is 4.14. The van der Waals surface area contributed by atoms with Crippen LogP contribution in [0.1, 0.15) is 15.5 Å². The molecular weight excluding hydrogens is 384 g/mol. The largest absolute Gasteiger partial charge is 0.291 e. The minimum atomic E-state index is -0.247. The molecule has 2 aromatic heterocycles. The molecule has 0 unspecified atom stereocenters. The Balaban J connectivity index is 2.36. The van der Waals surface area contributed by atoms with E-state index in [1.54, 1.807) is 6.92 Å². The van der Waals surface area contributed by atoms with Crippen molar-refractivity contribution >= 4 is 49.0 Å². The van der Waals surface area contributed by atoms with Gasteiger partial charge in [0.1, 0.15) is 10.3 Å². The lowest BCUT2D eigenvalue weighted by Gasteiger charge is -2.07. The quantitative estimate of drug-likeness (QED) is 0.755. The number of aryl methyl sites for hydroxylation is 1. The third-order valence-electron chi connectivity index (χ3n) is 2.38. The number of thiophene rings is 1. The second-order valence-electron chi connectivity index (χ2n) is 3.57. The summed E-state index contributed by atoms with van der Waals surface area (Å²) in [5, 5.41) is 1.83. The van der Waals surface area contributed by atoms with Crippen molar-refractivity contribution in [2.24, 2.45) is 0 Å². The Labute approximate surface area is 124 Å². The van der Waals surface area contributed by atoms with Crippen LogP contribution in [0.25, 0.3) is 0 Å². The maximum atomic E-state index is 12.1. The van der Waals surface area contributed by atoms with E-state index in [1.807, 2.05) is 11.4 Å². The van der Waals surface area contributed by atoms with Crippen molar-refractivity contribution in [1.29, 1.82) is 0 Å². The number of carbonyl (C=O) groups excluding carboxylic acids is 1. The van der Waals surface area contributed by atoms with Gasteiger partial charge < -0.3 is 0 Å². The van der Waals surface area contributed by atoms with Crippen LogP contribution in [0.3, 0.4) is 0 Å². The molecule has 7 heteroatoms. The topological polar surface area (TPSA) is 52.0 Å². The third kappa shape index (κ3) is 2.62. The molecule has 0 atom stereocenters. The molecule has 18 heavy (non-hydrogen) atoms. The van der Waals surface area contributed by atoms with Gasteiger partial charge in [0.05, 0.1) is 11.4 Å². The summed E-state index contributed by atoms with van der Waals surface area (Å²) in [5.41, 5.74) is -0.247. The molecule has 0 N–H and O–H groups in total. The van der Waals surface area contributed by atoms with Crippen molar-refractivity contribution in [2.45, 2.75) is 13.5 Å². The molecule has 0 radical (unpaired) electrons. The standard InChI is InChI=1S/C11H8Br2N2O2S/c1-6-14-4-8(13)11(17)15(6)5-9(16)10-7(12)2-3-18-10/h2-4H,5H2,1H3. The monoisotopic (exact) mass is 390 g/mol. The molecule has 2 aromatic rings. The summed E-state index contributed by atoms with van der Waals surface area (Å²) in [7, 11) is 0. The van der Waals surface area contributed by atoms with E-state index < -0.39 is 0 Å². The molecule has 0 aromatic carbocycles. The van der Waals surface area contributed by atoms with Gasteiger partial charge in [-0.3, -0.25) is 14.2 Å². The van der Waals surface area contributed by atoms with Crippen molar-refractivity contribution in [3.05, 3.63) is 47.6 Å². The highest BCUT2D eigenvalue weighted by atomic mass is 79.9. The van der Waals surface area contributed by atoms with E-state index in [1.165, 1.54) is 22.1 Å². The predicted octanol–water partition coefficient (Wildman–Crippen LogP) is 3.02. The predicted molar refractivity (Wildman–Crippen MR) is 77.3 cm³/mol. The van der Waals surface area contributed by atoms with E-state index >= 15 is 0 Å². The van der Waals surface area contributed by atoms with Crippen LogP contribution in [0.5, 0.6) is 0 Å². The molecule has 0 saturated heterocycles. The van der Waals surface area contributed by atoms with E-state index in [0.29, 0.717) is 15.2 Å². The number of hydrogen-bond acceptors (Lipinski definition) is 4. The number of carbonyl (C=O) groups is 1. The average Bonchev–Trinajstić information content (AvgIpc) is 2.76. The molecule has 94 valence electrons. The minimum Gasteiger partial charge on any atom is -0.291 e. The summed E-state index contributed by atoms with van der Waals surface area (Å²) in [5.74, 6) is 0.409. The van der Waals surface area contributed by atoms with Crippen LogP contribution in [-0.2, 0) is 6.54 Å². The molecule has 0 aliphatic heterocycles. The zero-order valence-corrected chi connectivity index (χ0v) is 13.3. The first-order valence-electron chi connectivity index (χ1n) is 4.99. The summed E-state index contributed by atoms with van der Waals surface area (Å²) in [6, 6.07) is 1.81. The van der Waals surface area contributed by atoms with Crippen molar-refractivity contribution < 1.29 is 4.79 Å². The first-order chi connectivity index (χ1) is 8.50. The maximum Gasteiger partial charge on any atom is 0.268 e. The molecule has 2 rings (SSSR count). The van der Waals surface area contributed by atoms with Gasteiger partial charge in [-0.05, 0) is 50.2 Å². The smallest absolute Gasteiger partial charge is 0.268 e. The molecule has 2 heterocycles. The van der Waals surface area contributed by atoms with E-state index in [9.17, 15) is 9.59 Å². The SMILES string of the molecule is Cc1ncc(Br)c(=O)n1CC(=O)c1sccc1Br. The lowest BCUT2D eigenvalue weighted by molar-refractivity contribution is 0.0972. The minimum absolute atomic E-state index is 0.00375. The van der Waals surface area contributed by atoms with Gasteiger partial charge in [-0.1, -0.05) is 0 Å². The average molecular weight is 392 g/mol. The molecule has 0 aliphatic rings. The van der Waals surface area contributed by atoms with Crippen LogP contribution < -0.4 is 5.56 Å². The molecule has 0 bridgehead atoms. The summed E-state index contributed by atoms with van der Waals surface area (Å²) >= 11 is 7.78. The van der Waals surface area contributed by atoms with E-state index in [0.717, 1.165) is 4.47 Å². The summed E-state index contributed by atoms with van der Waals surface area (Å²) in [4.78, 5) is 28.6. The number of aromatic nitrogens is 2. The van der Waals surface area contributed by atoms with Crippen LogP contribution in [-0.4, -0.2) is 15.3 Å². The van der Waals surface area contributed by atoms with Crippen molar-refractivity contribution in [3.63, 3.8) is 0 Å². The number of ketones is 1. The lowest BCUT2D eigenvalue weighted by atomic mass is 10.3.